The van der Waals surface area contributed by atoms with Crippen molar-refractivity contribution in [3.8, 4) is 0 Å². The van der Waals surface area contributed by atoms with E-state index in [0.29, 0.717) is 24.0 Å². The molecule has 4 aliphatic carbocycles. The first kappa shape index (κ1) is 30.6. The first-order valence-corrected chi connectivity index (χ1v) is 15.2. The van der Waals surface area contributed by atoms with Crippen LogP contribution in [0.1, 0.15) is 85.3 Å². The normalized spacial score (nSPS) is 42.0. The van der Waals surface area contributed by atoms with Crippen LogP contribution in [0.15, 0.2) is 34.2 Å². The molecule has 1 aliphatic heterocycles. The molecular weight excluding hydrogens is 572 g/mol. The van der Waals surface area contributed by atoms with Crippen molar-refractivity contribution in [1.82, 2.24) is 0 Å². The van der Waals surface area contributed by atoms with Crippen LogP contribution in [0.3, 0.4) is 0 Å². The second kappa shape index (κ2) is 9.52. The van der Waals surface area contributed by atoms with Crippen LogP contribution in [0, 0.1) is 34.0 Å². The molecule has 44 heavy (non-hydrogen) atoms. The van der Waals surface area contributed by atoms with E-state index in [9.17, 15) is 24.3 Å². The van der Waals surface area contributed by atoms with Gasteiger partial charge in [0.05, 0.1) is 32.0 Å². The zero-order valence-electron chi connectivity index (χ0n) is 26.2. The lowest BCUT2D eigenvalue weighted by molar-refractivity contribution is -0.280. The molecule has 11 nitrogen and oxygen atoms in total. The standard InChI is InChI=1S/C33H40O11/c1-16(2)27(38)44-33-25(37)24-19(8-10-29(4)20(24)12-23(36)43-26(29)18-9-11-41-14-18)31(6)21(13-22(35)40-7)30(5,15-32(31,33)39)28(33)42-17(3)34/h9,11,14,16,19,21,26,28,39H,8,10,12-13,15H2,1-7H3/t19-,21-,26-,28-,29+,30-,31+,32+,33+/m1/s1. The van der Waals surface area contributed by atoms with E-state index >= 15 is 4.79 Å². The zero-order chi connectivity index (χ0) is 32.2. The monoisotopic (exact) mass is 612 g/mol. The first-order valence-electron chi connectivity index (χ1n) is 15.2. The maximum Gasteiger partial charge on any atom is 0.310 e. The van der Waals surface area contributed by atoms with Crippen LogP contribution in [-0.4, -0.2) is 59.2 Å². The Kier molecular flexibility index (Phi) is 6.61. The lowest BCUT2D eigenvalue weighted by atomic mass is 9.41. The molecule has 0 radical (unpaired) electrons. The number of esters is 4. The highest BCUT2D eigenvalue weighted by Crippen LogP contribution is 2.80. The summed E-state index contributed by atoms with van der Waals surface area (Å²) in [4.78, 5) is 67.6. The number of methoxy groups -OCH3 is 1. The van der Waals surface area contributed by atoms with Crippen molar-refractivity contribution in [3.05, 3.63) is 35.3 Å². The molecule has 4 fully saturated rings. The average molecular weight is 613 g/mol. The predicted molar refractivity (Wildman–Crippen MR) is 150 cm³/mol. The number of cyclic esters (lactones) is 1. The number of carbonyl (C=O) groups excluding carboxylic acids is 5. The van der Waals surface area contributed by atoms with Crippen molar-refractivity contribution in [1.29, 1.82) is 0 Å². The largest absolute Gasteiger partial charge is 0.472 e. The Labute approximate surface area is 255 Å². The molecule has 9 atom stereocenters. The maximum absolute atomic E-state index is 15.3. The minimum absolute atomic E-state index is 0.0523. The smallest absolute Gasteiger partial charge is 0.310 e. The Morgan fingerprint density at radius 2 is 1.86 bits per heavy atom. The van der Waals surface area contributed by atoms with Gasteiger partial charge in [-0.15, -0.1) is 0 Å². The Morgan fingerprint density at radius 1 is 1.16 bits per heavy atom. The van der Waals surface area contributed by atoms with Crippen molar-refractivity contribution in [2.24, 2.45) is 34.0 Å². The molecule has 5 aliphatic rings. The van der Waals surface area contributed by atoms with Gasteiger partial charge in [0.25, 0.3) is 0 Å². The lowest BCUT2D eigenvalue weighted by Crippen LogP contribution is -2.79. The molecule has 1 aromatic heterocycles. The fourth-order valence-electron chi connectivity index (χ4n) is 9.95. The van der Waals surface area contributed by atoms with Gasteiger partial charge in [-0.05, 0) is 42.7 Å². The number of ketones is 1. The molecule has 2 heterocycles. The number of carbonyl (C=O) groups is 5. The summed E-state index contributed by atoms with van der Waals surface area (Å²) in [6.45, 7) is 9.96. The quantitative estimate of drug-likeness (QED) is 0.369. The Bertz CT molecular complexity index is 1490. The van der Waals surface area contributed by atoms with Crippen molar-refractivity contribution in [3.63, 3.8) is 0 Å². The number of hydrogen-bond acceptors (Lipinski definition) is 11. The molecule has 0 spiro atoms. The van der Waals surface area contributed by atoms with Crippen LogP contribution in [0.25, 0.3) is 0 Å². The molecule has 0 amide bonds. The van der Waals surface area contributed by atoms with E-state index in [4.69, 9.17) is 23.4 Å². The van der Waals surface area contributed by atoms with Gasteiger partial charge in [-0.1, -0.05) is 34.6 Å². The fourth-order valence-corrected chi connectivity index (χ4v) is 9.95. The third kappa shape index (κ3) is 3.50. The van der Waals surface area contributed by atoms with Crippen LogP contribution in [0.2, 0.25) is 0 Å². The van der Waals surface area contributed by atoms with Gasteiger partial charge in [0.1, 0.15) is 11.7 Å². The van der Waals surface area contributed by atoms with Gasteiger partial charge in [0, 0.05) is 40.7 Å². The zero-order valence-corrected chi connectivity index (χ0v) is 26.2. The van der Waals surface area contributed by atoms with E-state index < -0.39 is 87.1 Å². The van der Waals surface area contributed by atoms with E-state index in [1.54, 1.807) is 26.8 Å². The summed E-state index contributed by atoms with van der Waals surface area (Å²) in [6, 6.07) is 1.72. The van der Waals surface area contributed by atoms with Crippen LogP contribution in [0.4, 0.5) is 0 Å². The number of aliphatic hydroxyl groups is 1. The predicted octanol–water partition coefficient (Wildman–Crippen LogP) is 3.77. The second-order valence-corrected chi connectivity index (χ2v) is 14.3. The summed E-state index contributed by atoms with van der Waals surface area (Å²) in [7, 11) is 1.28. The molecule has 1 N–H and O–H groups in total. The molecule has 1 aromatic rings. The van der Waals surface area contributed by atoms with Crippen LogP contribution in [-0.2, 0) is 42.9 Å². The Balaban J connectivity index is 1.67. The van der Waals surface area contributed by atoms with Crippen molar-refractivity contribution < 1.29 is 52.4 Å². The van der Waals surface area contributed by atoms with Crippen LogP contribution in [0.5, 0.6) is 0 Å². The van der Waals surface area contributed by atoms with Gasteiger partial charge in [-0.2, -0.15) is 0 Å². The van der Waals surface area contributed by atoms with Gasteiger partial charge in [-0.3, -0.25) is 24.0 Å². The fraction of sp³-hybridized carbons (Fsp3) is 0.667. The topological polar surface area (TPSA) is 156 Å². The third-order valence-electron chi connectivity index (χ3n) is 11.9. The first-order chi connectivity index (χ1) is 20.5. The molecule has 11 heteroatoms. The van der Waals surface area contributed by atoms with Gasteiger partial charge < -0.3 is 28.5 Å². The number of rotatable bonds is 6. The Hall–Kier alpha value is -3.47. The van der Waals surface area contributed by atoms with E-state index in [1.165, 1.54) is 26.6 Å². The SMILES string of the molecule is COC(=O)C[C@@H]1[C@@]2(C)C[C@]3(O)[C@@]1(C)[C@@H]1CC[C@@]4(C)C(=C1C(=O)[C@]3(OC(=O)C(C)C)[C@@H]2OC(C)=O)CC(=O)O[C@@H]4c1ccoc1. The molecular formula is C33H40O11. The summed E-state index contributed by atoms with van der Waals surface area (Å²) in [5.41, 5.74) is -6.02. The number of fused-ring (bicyclic) bond motifs is 4. The highest BCUT2D eigenvalue weighted by molar-refractivity contribution is 6.09. The van der Waals surface area contributed by atoms with Gasteiger partial charge in [0.2, 0.25) is 11.4 Å². The minimum Gasteiger partial charge on any atom is -0.472 e. The van der Waals surface area contributed by atoms with E-state index in [-0.39, 0.29) is 24.8 Å². The summed E-state index contributed by atoms with van der Waals surface area (Å²) < 4.78 is 28.4. The molecule has 6 rings (SSSR count). The van der Waals surface area contributed by atoms with Crippen LogP contribution >= 0.6 is 0 Å². The molecule has 2 bridgehead atoms. The number of ether oxygens (including phenoxy) is 4. The lowest BCUT2D eigenvalue weighted by Gasteiger charge is -2.66. The van der Waals surface area contributed by atoms with E-state index in [0.717, 1.165) is 0 Å². The third-order valence-corrected chi connectivity index (χ3v) is 11.9. The Morgan fingerprint density at radius 3 is 2.45 bits per heavy atom. The molecule has 3 saturated carbocycles. The highest BCUT2D eigenvalue weighted by Gasteiger charge is 2.91. The van der Waals surface area contributed by atoms with Crippen molar-refractivity contribution in [2.45, 2.75) is 97.1 Å². The van der Waals surface area contributed by atoms with Crippen molar-refractivity contribution in [2.75, 3.05) is 7.11 Å². The van der Waals surface area contributed by atoms with Gasteiger partial charge in [0.15, 0.2) is 6.10 Å². The van der Waals surface area contributed by atoms with Gasteiger partial charge >= 0.3 is 23.9 Å². The van der Waals surface area contributed by atoms with Crippen LogP contribution < -0.4 is 0 Å². The van der Waals surface area contributed by atoms with E-state index in [2.05, 4.69) is 0 Å². The summed E-state index contributed by atoms with van der Waals surface area (Å²) in [5.74, 6) is -5.10. The molecule has 0 unspecified atom stereocenters. The molecule has 238 valence electrons. The van der Waals surface area contributed by atoms with Crippen molar-refractivity contribution >= 4 is 29.7 Å². The molecule has 0 aromatic carbocycles. The summed E-state index contributed by atoms with van der Waals surface area (Å²) >= 11 is 0. The number of furan rings is 1. The number of hydrogen-bond donors (Lipinski definition) is 1. The summed E-state index contributed by atoms with van der Waals surface area (Å²) in [6.07, 6.45) is 1.42. The van der Waals surface area contributed by atoms with Gasteiger partial charge in [-0.25, -0.2) is 0 Å². The minimum atomic E-state index is -2.31. The summed E-state index contributed by atoms with van der Waals surface area (Å²) in [5, 5.41) is 13.0. The second-order valence-electron chi connectivity index (χ2n) is 14.3. The average Bonchev–Trinajstić information content (AvgIpc) is 3.59. The highest BCUT2D eigenvalue weighted by atomic mass is 16.6. The molecule has 1 saturated heterocycles. The number of Topliss-reactive ketones (excluding diaryl/α,β-unsaturated/α-hetero) is 1. The maximum atomic E-state index is 15.3. The van der Waals surface area contributed by atoms with E-state index in [1.807, 2.05) is 13.8 Å².